The van der Waals surface area contributed by atoms with Gasteiger partial charge in [0.25, 0.3) is 0 Å². The van der Waals surface area contributed by atoms with Crippen molar-refractivity contribution in [2.75, 3.05) is 42.7 Å². The molecule has 8 nitrogen and oxygen atoms in total. The highest BCUT2D eigenvalue weighted by Crippen LogP contribution is 2.60. The molecule has 0 unspecified atom stereocenters. The number of hydrogen-bond acceptors (Lipinski definition) is 11. The van der Waals surface area contributed by atoms with Crippen molar-refractivity contribution in [1.29, 1.82) is 0 Å². The van der Waals surface area contributed by atoms with Crippen LogP contribution in [0.5, 0.6) is 23.0 Å². The van der Waals surface area contributed by atoms with E-state index in [1.165, 1.54) is 14.2 Å². The molecule has 0 amide bonds. The van der Waals surface area contributed by atoms with Crippen molar-refractivity contribution < 1.29 is 38.0 Å². The van der Waals surface area contributed by atoms with E-state index in [2.05, 4.69) is 24.3 Å². The number of esters is 2. The number of carbonyl (C=O) groups is 2. The van der Waals surface area contributed by atoms with Gasteiger partial charge in [-0.15, -0.1) is 34.0 Å². The van der Waals surface area contributed by atoms with Crippen LogP contribution in [0.1, 0.15) is 20.7 Å². The predicted molar refractivity (Wildman–Crippen MR) is 206 cm³/mol. The molecule has 4 aromatic carbocycles. The van der Waals surface area contributed by atoms with Crippen LogP contribution in [0.15, 0.2) is 84.9 Å². The highest BCUT2D eigenvalue weighted by molar-refractivity contribution is 7.41. The first-order valence-electron chi connectivity index (χ1n) is 15.7. The summed E-state index contributed by atoms with van der Waals surface area (Å²) in [7, 11) is 9.02. The van der Waals surface area contributed by atoms with Gasteiger partial charge < -0.3 is 28.4 Å². The van der Waals surface area contributed by atoms with E-state index in [9.17, 15) is 9.59 Å². The molecule has 0 saturated heterocycles. The van der Waals surface area contributed by atoms with Crippen molar-refractivity contribution in [3.05, 3.63) is 96.1 Å². The minimum absolute atomic E-state index is 0.327. The minimum Gasteiger partial charge on any atom is -0.496 e. The molecule has 7 rings (SSSR count). The Morgan fingerprint density at radius 3 is 1.06 bits per heavy atom. The molecule has 11 heteroatoms. The lowest BCUT2D eigenvalue weighted by atomic mass is 9.99. The highest BCUT2D eigenvalue weighted by Gasteiger charge is 2.31. The molecule has 0 saturated carbocycles. The monoisotopic (exact) mass is 736 g/mol. The van der Waals surface area contributed by atoms with Crippen molar-refractivity contribution in [2.24, 2.45) is 0 Å². The fraction of sp³-hybridized carbons (Fsp3) is 0.150. The lowest BCUT2D eigenvalue weighted by Crippen LogP contribution is -2.03. The van der Waals surface area contributed by atoms with Crippen LogP contribution >= 0.6 is 34.0 Å². The topological polar surface area (TPSA) is 89.5 Å². The van der Waals surface area contributed by atoms with Gasteiger partial charge in [-0.05, 0) is 35.4 Å². The summed E-state index contributed by atoms with van der Waals surface area (Å²) in [6.07, 6.45) is 0. The van der Waals surface area contributed by atoms with Crippen LogP contribution in [-0.2, 0) is 9.47 Å². The zero-order chi connectivity index (χ0) is 35.8. The third kappa shape index (κ3) is 5.77. The second kappa shape index (κ2) is 14.1. The van der Waals surface area contributed by atoms with Gasteiger partial charge in [0.05, 0.1) is 93.5 Å². The van der Waals surface area contributed by atoms with Crippen molar-refractivity contribution in [1.82, 2.24) is 0 Å². The Morgan fingerprint density at radius 1 is 0.431 bits per heavy atom. The molecule has 258 valence electrons. The molecule has 0 aliphatic carbocycles. The maximum Gasteiger partial charge on any atom is 0.338 e. The number of rotatable bonds is 10. The zero-order valence-corrected chi connectivity index (χ0v) is 31.0. The Morgan fingerprint density at radius 2 is 0.765 bits per heavy atom. The molecule has 51 heavy (non-hydrogen) atoms. The van der Waals surface area contributed by atoms with Crippen LogP contribution in [0.3, 0.4) is 0 Å². The van der Waals surface area contributed by atoms with Gasteiger partial charge in [0, 0.05) is 11.1 Å². The first-order chi connectivity index (χ1) is 24.9. The van der Waals surface area contributed by atoms with E-state index >= 15 is 0 Å². The second-order valence-electron chi connectivity index (χ2n) is 11.3. The molecule has 0 aliphatic heterocycles. The molecule has 0 atom stereocenters. The summed E-state index contributed by atoms with van der Waals surface area (Å²) in [4.78, 5) is 27.1. The lowest BCUT2D eigenvalue weighted by molar-refractivity contribution is 0.0591. The number of carbonyl (C=O) groups excluding carboxylic acids is 2. The average molecular weight is 737 g/mol. The summed E-state index contributed by atoms with van der Waals surface area (Å²) in [5, 5.41) is 0. The van der Waals surface area contributed by atoms with Crippen molar-refractivity contribution in [3.63, 3.8) is 0 Å². The smallest absolute Gasteiger partial charge is 0.338 e. The third-order valence-electron chi connectivity index (χ3n) is 8.57. The standard InChI is InChI=1S/C40H32O8S3/c1-43-25-17-23(39(41)47-5)18-26(44-2)31(25)33-29(21-13-9-7-10-14-21)35-37(49-33)38-36(51-35)30(22-15-11-8-12-16-22)34(50-38)32-27(45-3)19-24(40(42)48-6)20-28(32)46-4/h7-20H,1-6H3. The first-order valence-corrected chi connectivity index (χ1v) is 18.1. The highest BCUT2D eigenvalue weighted by atomic mass is 32.1. The van der Waals surface area contributed by atoms with E-state index in [0.29, 0.717) is 34.1 Å². The van der Waals surface area contributed by atoms with E-state index in [1.807, 2.05) is 36.4 Å². The largest absolute Gasteiger partial charge is 0.496 e. The molecule has 0 spiro atoms. The fourth-order valence-electron chi connectivity index (χ4n) is 6.26. The fourth-order valence-corrected chi connectivity index (χ4v) is 10.9. The molecule has 7 aromatic rings. The van der Waals surface area contributed by atoms with Gasteiger partial charge in [-0.3, -0.25) is 0 Å². The van der Waals surface area contributed by atoms with Crippen molar-refractivity contribution in [3.8, 4) is 66.1 Å². The number of fused-ring (bicyclic) bond motifs is 3. The van der Waals surface area contributed by atoms with Crippen LogP contribution in [0.2, 0.25) is 0 Å². The lowest BCUT2D eigenvalue weighted by Gasteiger charge is -2.16. The van der Waals surface area contributed by atoms with Crippen LogP contribution in [0.25, 0.3) is 61.9 Å². The van der Waals surface area contributed by atoms with E-state index in [4.69, 9.17) is 28.4 Å². The molecule has 3 aromatic heterocycles. The van der Waals surface area contributed by atoms with Crippen LogP contribution in [0, 0.1) is 0 Å². The van der Waals surface area contributed by atoms with E-state index in [0.717, 1.165) is 61.9 Å². The van der Waals surface area contributed by atoms with E-state index < -0.39 is 11.9 Å². The minimum atomic E-state index is -0.486. The summed E-state index contributed by atoms with van der Waals surface area (Å²) < 4.78 is 38.1. The number of methoxy groups -OCH3 is 6. The number of hydrogen-bond donors (Lipinski definition) is 0. The molecule has 0 aliphatic rings. The Hall–Kier alpha value is -5.36. The summed E-state index contributed by atoms with van der Waals surface area (Å²) >= 11 is 5.02. The van der Waals surface area contributed by atoms with Crippen LogP contribution in [-0.4, -0.2) is 54.6 Å². The maximum absolute atomic E-state index is 12.6. The number of benzene rings is 4. The predicted octanol–water partition coefficient (Wildman–Crippen LogP) is 10.5. The number of ether oxygens (including phenoxy) is 6. The van der Waals surface area contributed by atoms with Gasteiger partial charge in [0.15, 0.2) is 0 Å². The van der Waals surface area contributed by atoms with Crippen LogP contribution < -0.4 is 18.9 Å². The summed E-state index contributed by atoms with van der Waals surface area (Å²) in [6.45, 7) is 0. The van der Waals surface area contributed by atoms with E-state index in [-0.39, 0.29) is 0 Å². The Bertz CT molecular complexity index is 2200. The molecule has 0 radical (unpaired) electrons. The Labute approximate surface area is 306 Å². The summed E-state index contributed by atoms with van der Waals surface area (Å²) in [6, 6.07) is 27.3. The molecule has 0 fully saturated rings. The van der Waals surface area contributed by atoms with Gasteiger partial charge in [0.2, 0.25) is 0 Å². The zero-order valence-electron chi connectivity index (χ0n) is 28.6. The van der Waals surface area contributed by atoms with Crippen LogP contribution in [0.4, 0.5) is 0 Å². The van der Waals surface area contributed by atoms with Gasteiger partial charge in [-0.2, -0.15) is 0 Å². The summed E-state index contributed by atoms with van der Waals surface area (Å²) in [5.41, 5.74) is 6.31. The number of thiophene rings is 3. The van der Waals surface area contributed by atoms with Gasteiger partial charge in [-0.1, -0.05) is 60.7 Å². The Balaban J connectivity index is 1.59. The quantitative estimate of drug-likeness (QED) is 0.128. The third-order valence-corrected chi connectivity index (χ3v) is 12.6. The van der Waals surface area contributed by atoms with Crippen molar-refractivity contribution >= 4 is 64.7 Å². The first kappa shape index (κ1) is 34.1. The molecule has 0 N–H and O–H groups in total. The van der Waals surface area contributed by atoms with Gasteiger partial charge in [0.1, 0.15) is 23.0 Å². The van der Waals surface area contributed by atoms with Crippen molar-refractivity contribution in [2.45, 2.75) is 0 Å². The Kier molecular flexibility index (Phi) is 9.43. The normalized spacial score (nSPS) is 11.1. The molecular formula is C40H32O8S3. The maximum atomic E-state index is 12.6. The molecule has 0 bridgehead atoms. The molecular weight excluding hydrogens is 705 g/mol. The SMILES string of the molecule is COC(=O)c1cc(OC)c(-c2sc3c(sc4c(-c5ccccc5)c(-c5c(OC)cc(C(=O)OC)cc5OC)sc43)c2-c2ccccc2)c(OC)c1. The van der Waals surface area contributed by atoms with Gasteiger partial charge >= 0.3 is 11.9 Å². The summed E-state index contributed by atoms with van der Waals surface area (Å²) in [5.74, 6) is 1.01. The molecule has 3 heterocycles. The average Bonchev–Trinajstić information content (AvgIpc) is 3.84. The van der Waals surface area contributed by atoms with E-state index in [1.54, 1.807) is 86.7 Å². The second-order valence-corrected chi connectivity index (χ2v) is 14.3. The van der Waals surface area contributed by atoms with Gasteiger partial charge in [-0.25, -0.2) is 9.59 Å².